The molecule has 4 aromatic rings. The zero-order valence-corrected chi connectivity index (χ0v) is 12.0. The second-order valence-electron chi connectivity index (χ2n) is 5.26. The van der Waals surface area contributed by atoms with Crippen molar-refractivity contribution in [3.63, 3.8) is 0 Å². The van der Waals surface area contributed by atoms with Gasteiger partial charge in [-0.1, -0.05) is 48.5 Å². The van der Waals surface area contributed by atoms with E-state index in [1.165, 1.54) is 0 Å². The number of aryl methyl sites for hydroxylation is 2. The number of benzene rings is 2. The van der Waals surface area contributed by atoms with Crippen molar-refractivity contribution in [2.24, 2.45) is 0 Å². The van der Waals surface area contributed by atoms with Crippen LogP contribution in [0.2, 0.25) is 0 Å². The van der Waals surface area contributed by atoms with Crippen LogP contribution in [-0.2, 0) is 12.8 Å². The van der Waals surface area contributed by atoms with Gasteiger partial charge >= 0.3 is 0 Å². The van der Waals surface area contributed by atoms with Gasteiger partial charge in [0.25, 0.3) is 0 Å². The lowest BCUT2D eigenvalue weighted by atomic mass is 10.0. The molecule has 4 nitrogen and oxygen atoms in total. The summed E-state index contributed by atoms with van der Waals surface area (Å²) < 4.78 is 0. The Bertz CT molecular complexity index is 860. The predicted octanol–water partition coefficient (Wildman–Crippen LogP) is 3.36. The fourth-order valence-corrected chi connectivity index (χ4v) is 2.78. The summed E-state index contributed by atoms with van der Waals surface area (Å²) in [6.45, 7) is 0. The molecule has 0 saturated carbocycles. The minimum Gasteiger partial charge on any atom is -0.158 e. The lowest BCUT2D eigenvalue weighted by Crippen LogP contribution is -2.01. The first kappa shape index (κ1) is 12.8. The minimum absolute atomic E-state index is 0.803. The third kappa shape index (κ3) is 2.29. The van der Waals surface area contributed by atoms with E-state index in [9.17, 15) is 0 Å². The van der Waals surface area contributed by atoms with Crippen LogP contribution in [0.3, 0.4) is 0 Å². The van der Waals surface area contributed by atoms with Crippen molar-refractivity contribution in [2.75, 3.05) is 0 Å². The lowest BCUT2D eigenvalue weighted by Gasteiger charge is -2.06. The molecule has 0 amide bonds. The molecule has 2 aromatic carbocycles. The van der Waals surface area contributed by atoms with Crippen LogP contribution in [0.4, 0.5) is 0 Å². The van der Waals surface area contributed by atoms with Gasteiger partial charge in [0.05, 0.1) is 23.8 Å². The predicted molar refractivity (Wildman–Crippen MR) is 86.5 cm³/mol. The van der Waals surface area contributed by atoms with Crippen LogP contribution in [0.5, 0.6) is 0 Å². The van der Waals surface area contributed by atoms with Gasteiger partial charge in [0.2, 0.25) is 0 Å². The van der Waals surface area contributed by atoms with E-state index in [0.29, 0.717) is 0 Å². The van der Waals surface area contributed by atoms with Gasteiger partial charge in [-0.3, -0.25) is 0 Å². The lowest BCUT2D eigenvalue weighted by molar-refractivity contribution is 0.835. The highest BCUT2D eigenvalue weighted by atomic mass is 15.1. The van der Waals surface area contributed by atoms with Gasteiger partial charge in [0.15, 0.2) is 0 Å². The van der Waals surface area contributed by atoms with Gasteiger partial charge in [-0.15, -0.1) is 0 Å². The first-order valence-electron chi connectivity index (χ1n) is 7.30. The third-order valence-corrected chi connectivity index (χ3v) is 3.89. The first-order valence-corrected chi connectivity index (χ1v) is 7.30. The molecule has 22 heavy (non-hydrogen) atoms. The van der Waals surface area contributed by atoms with Crippen molar-refractivity contribution in [3.05, 3.63) is 72.3 Å². The van der Waals surface area contributed by atoms with E-state index in [1.54, 1.807) is 12.4 Å². The maximum atomic E-state index is 4.30. The van der Waals surface area contributed by atoms with Crippen LogP contribution in [0.15, 0.2) is 60.9 Å². The SMILES string of the molecule is c1ccc2c(CCc3nncc4ccccc34)nncc2c1. The van der Waals surface area contributed by atoms with Crippen molar-refractivity contribution in [3.8, 4) is 0 Å². The molecule has 0 spiro atoms. The second kappa shape index (κ2) is 5.48. The van der Waals surface area contributed by atoms with Crippen LogP contribution in [0.25, 0.3) is 21.5 Å². The van der Waals surface area contributed by atoms with Crippen molar-refractivity contribution in [1.29, 1.82) is 0 Å². The molecule has 0 unspecified atom stereocenters. The topological polar surface area (TPSA) is 51.6 Å². The molecule has 2 aromatic heterocycles. The Morgan fingerprint density at radius 3 is 1.55 bits per heavy atom. The summed E-state index contributed by atoms with van der Waals surface area (Å²) in [5.74, 6) is 0. The maximum Gasteiger partial charge on any atom is 0.0713 e. The van der Waals surface area contributed by atoms with Crippen LogP contribution >= 0.6 is 0 Å². The number of hydrogen-bond acceptors (Lipinski definition) is 4. The van der Waals surface area contributed by atoms with Crippen LogP contribution < -0.4 is 0 Å². The number of fused-ring (bicyclic) bond motifs is 2. The van der Waals surface area contributed by atoms with Gasteiger partial charge in [-0.05, 0) is 12.8 Å². The highest BCUT2D eigenvalue weighted by Gasteiger charge is 2.07. The molecule has 4 heteroatoms. The van der Waals surface area contributed by atoms with Crippen molar-refractivity contribution >= 4 is 21.5 Å². The van der Waals surface area contributed by atoms with Crippen LogP contribution in [-0.4, -0.2) is 20.4 Å². The summed E-state index contributed by atoms with van der Waals surface area (Å²) in [6.07, 6.45) is 5.21. The summed E-state index contributed by atoms with van der Waals surface area (Å²) in [5.41, 5.74) is 2.01. The molecular weight excluding hydrogens is 272 g/mol. The Morgan fingerprint density at radius 1 is 0.591 bits per heavy atom. The fraction of sp³-hybridized carbons (Fsp3) is 0.111. The summed E-state index contributed by atoms with van der Waals surface area (Å²) in [5, 5.41) is 21.4. The average molecular weight is 286 g/mol. The number of aromatic nitrogens is 4. The zero-order valence-electron chi connectivity index (χ0n) is 12.0. The zero-order chi connectivity index (χ0) is 14.8. The molecule has 0 atom stereocenters. The Labute approximate surface area is 127 Å². The Balaban J connectivity index is 1.69. The van der Waals surface area contributed by atoms with E-state index in [1.807, 2.05) is 24.3 Å². The molecule has 0 radical (unpaired) electrons. The standard InChI is InChI=1S/C18H14N4/c1-3-7-15-13(5-1)11-19-21-17(15)9-10-18-16-8-4-2-6-14(16)12-20-22-18/h1-8,11-12H,9-10H2. The molecule has 0 N–H and O–H groups in total. The average Bonchev–Trinajstić information content (AvgIpc) is 2.60. The molecule has 0 aliphatic rings. The molecule has 4 rings (SSSR count). The molecule has 0 fully saturated rings. The Hall–Kier alpha value is -2.88. The van der Waals surface area contributed by atoms with Crippen LogP contribution in [0.1, 0.15) is 11.4 Å². The smallest absolute Gasteiger partial charge is 0.0713 e. The van der Waals surface area contributed by atoms with E-state index in [4.69, 9.17) is 0 Å². The number of rotatable bonds is 3. The summed E-state index contributed by atoms with van der Waals surface area (Å²) >= 11 is 0. The minimum atomic E-state index is 0.803. The van der Waals surface area contributed by atoms with Gasteiger partial charge in [0.1, 0.15) is 0 Å². The molecule has 0 aliphatic carbocycles. The Morgan fingerprint density at radius 2 is 1.05 bits per heavy atom. The quantitative estimate of drug-likeness (QED) is 0.579. The van der Waals surface area contributed by atoms with E-state index in [2.05, 4.69) is 44.7 Å². The number of hydrogen-bond donors (Lipinski definition) is 0. The monoisotopic (exact) mass is 286 g/mol. The van der Waals surface area contributed by atoms with Gasteiger partial charge < -0.3 is 0 Å². The van der Waals surface area contributed by atoms with Gasteiger partial charge in [-0.25, -0.2) is 0 Å². The maximum absolute atomic E-state index is 4.30. The molecule has 0 saturated heterocycles. The van der Waals surface area contributed by atoms with Gasteiger partial charge in [-0.2, -0.15) is 20.4 Å². The van der Waals surface area contributed by atoms with E-state index >= 15 is 0 Å². The summed E-state index contributed by atoms with van der Waals surface area (Å²) in [6, 6.07) is 16.4. The second-order valence-corrected chi connectivity index (χ2v) is 5.26. The van der Waals surface area contributed by atoms with E-state index < -0.39 is 0 Å². The van der Waals surface area contributed by atoms with Crippen molar-refractivity contribution in [1.82, 2.24) is 20.4 Å². The number of nitrogens with zero attached hydrogens (tertiary/aromatic N) is 4. The fourth-order valence-electron chi connectivity index (χ4n) is 2.78. The highest BCUT2D eigenvalue weighted by Crippen LogP contribution is 2.19. The molecule has 0 bridgehead atoms. The summed E-state index contributed by atoms with van der Waals surface area (Å²) in [4.78, 5) is 0. The van der Waals surface area contributed by atoms with Gasteiger partial charge in [0, 0.05) is 21.5 Å². The third-order valence-electron chi connectivity index (χ3n) is 3.89. The normalized spacial score (nSPS) is 11.1. The molecule has 2 heterocycles. The van der Waals surface area contributed by atoms with E-state index in [0.717, 1.165) is 45.8 Å². The molecule has 106 valence electrons. The largest absolute Gasteiger partial charge is 0.158 e. The Kier molecular flexibility index (Phi) is 3.20. The van der Waals surface area contributed by atoms with Crippen molar-refractivity contribution in [2.45, 2.75) is 12.8 Å². The first-order chi connectivity index (χ1) is 10.9. The molecule has 0 aliphatic heterocycles. The van der Waals surface area contributed by atoms with Crippen molar-refractivity contribution < 1.29 is 0 Å². The highest BCUT2D eigenvalue weighted by molar-refractivity contribution is 5.84. The molecular formula is C18H14N4. The van der Waals surface area contributed by atoms with E-state index in [-0.39, 0.29) is 0 Å². The summed E-state index contributed by atoms with van der Waals surface area (Å²) in [7, 11) is 0. The van der Waals surface area contributed by atoms with Crippen LogP contribution in [0, 0.1) is 0 Å².